The molecule has 0 atom stereocenters. The molecule has 6 heteroatoms. The number of ether oxygens (including phenoxy) is 1. The van der Waals surface area contributed by atoms with E-state index in [1.54, 1.807) is 12.1 Å². The maximum atomic E-state index is 13.5. The molecule has 2 aromatic rings. The molecule has 21 heavy (non-hydrogen) atoms. The highest BCUT2D eigenvalue weighted by atomic mass is 79.9. The van der Waals surface area contributed by atoms with Crippen molar-refractivity contribution in [2.24, 2.45) is 5.92 Å². The first-order valence-corrected chi connectivity index (χ1v) is 7.37. The van der Waals surface area contributed by atoms with Crippen molar-refractivity contribution in [1.82, 2.24) is 9.97 Å². The van der Waals surface area contributed by atoms with Crippen molar-refractivity contribution in [1.29, 1.82) is 0 Å². The summed E-state index contributed by atoms with van der Waals surface area (Å²) in [7, 11) is 1.42. The normalized spacial score (nSPS) is 11.0. The van der Waals surface area contributed by atoms with E-state index in [-0.39, 0.29) is 5.75 Å². The van der Waals surface area contributed by atoms with Crippen LogP contribution >= 0.6 is 15.9 Å². The van der Waals surface area contributed by atoms with Crippen molar-refractivity contribution in [2.45, 2.75) is 20.3 Å². The molecule has 0 amide bonds. The van der Waals surface area contributed by atoms with Crippen LogP contribution in [0.3, 0.4) is 0 Å². The lowest BCUT2D eigenvalue weighted by atomic mass is 10.1. The molecule has 0 saturated heterocycles. The summed E-state index contributed by atoms with van der Waals surface area (Å²) >= 11 is 3.42. The maximum Gasteiger partial charge on any atom is 0.165 e. The van der Waals surface area contributed by atoms with Crippen LogP contribution in [0, 0.1) is 11.7 Å². The number of anilines is 1. The van der Waals surface area contributed by atoms with E-state index >= 15 is 0 Å². The Bertz CT molecular complexity index is 662. The molecule has 0 aliphatic rings. The molecular formula is C15H17BrFN3O. The Morgan fingerprint density at radius 3 is 2.67 bits per heavy atom. The Morgan fingerprint density at radius 1 is 1.33 bits per heavy atom. The average Bonchev–Trinajstić information content (AvgIpc) is 2.43. The number of nitrogens with zero attached hydrogens (tertiary/aromatic N) is 2. The molecule has 2 N–H and O–H groups in total. The van der Waals surface area contributed by atoms with Gasteiger partial charge in [-0.2, -0.15) is 0 Å². The number of hydrogen-bond acceptors (Lipinski definition) is 4. The van der Waals surface area contributed by atoms with Crippen LogP contribution in [0.4, 0.5) is 10.2 Å². The van der Waals surface area contributed by atoms with Gasteiger partial charge in [0.15, 0.2) is 17.4 Å². The van der Waals surface area contributed by atoms with E-state index in [4.69, 9.17) is 10.5 Å². The lowest BCUT2D eigenvalue weighted by Crippen LogP contribution is -2.05. The van der Waals surface area contributed by atoms with Gasteiger partial charge in [0.2, 0.25) is 0 Å². The summed E-state index contributed by atoms with van der Waals surface area (Å²) in [5.41, 5.74) is 7.44. The number of nitrogens with two attached hydrogens (primary N) is 1. The third-order valence-corrected chi connectivity index (χ3v) is 3.82. The fourth-order valence-electron chi connectivity index (χ4n) is 1.96. The number of halogens is 2. The van der Waals surface area contributed by atoms with Crippen LogP contribution in [-0.4, -0.2) is 17.1 Å². The number of rotatable bonds is 4. The summed E-state index contributed by atoms with van der Waals surface area (Å²) in [6, 6.07) is 4.51. The number of methoxy groups -OCH3 is 1. The van der Waals surface area contributed by atoms with Crippen LogP contribution in [0.15, 0.2) is 22.7 Å². The highest BCUT2D eigenvalue weighted by Gasteiger charge is 2.14. The fourth-order valence-corrected chi connectivity index (χ4v) is 2.30. The summed E-state index contributed by atoms with van der Waals surface area (Å²) in [6.07, 6.45) is 0.776. The lowest BCUT2D eigenvalue weighted by Gasteiger charge is -2.11. The monoisotopic (exact) mass is 353 g/mol. The van der Waals surface area contributed by atoms with E-state index in [0.29, 0.717) is 27.6 Å². The number of benzene rings is 1. The lowest BCUT2D eigenvalue weighted by molar-refractivity contribution is 0.386. The van der Waals surface area contributed by atoms with E-state index in [1.165, 1.54) is 13.2 Å². The Morgan fingerprint density at radius 2 is 2.05 bits per heavy atom. The zero-order valence-corrected chi connectivity index (χ0v) is 13.7. The van der Waals surface area contributed by atoms with Crippen LogP contribution < -0.4 is 10.5 Å². The Labute approximate surface area is 131 Å². The first-order chi connectivity index (χ1) is 9.92. The standard InChI is InChI=1S/C15H17BrFN3O/c1-8(2)6-11-13(16)14(18)20-15(19-11)9-4-5-10(17)12(7-9)21-3/h4-5,7-8H,6H2,1-3H3,(H2,18,19,20). The van der Waals surface area contributed by atoms with Gasteiger partial charge in [-0.3, -0.25) is 0 Å². The van der Waals surface area contributed by atoms with Crippen molar-refractivity contribution in [3.63, 3.8) is 0 Å². The van der Waals surface area contributed by atoms with Crippen molar-refractivity contribution < 1.29 is 9.13 Å². The summed E-state index contributed by atoms with van der Waals surface area (Å²) in [5, 5.41) is 0. The van der Waals surface area contributed by atoms with Gasteiger partial charge >= 0.3 is 0 Å². The molecule has 0 spiro atoms. The first-order valence-electron chi connectivity index (χ1n) is 6.58. The molecule has 112 valence electrons. The van der Waals surface area contributed by atoms with Gasteiger partial charge in [-0.05, 0) is 46.5 Å². The van der Waals surface area contributed by atoms with Crippen molar-refractivity contribution in [3.05, 3.63) is 34.2 Å². The molecule has 1 aromatic heterocycles. The minimum atomic E-state index is -0.422. The topological polar surface area (TPSA) is 61.0 Å². The summed E-state index contributed by atoms with van der Waals surface area (Å²) < 4.78 is 19.2. The predicted octanol–water partition coefficient (Wildman–Crippen LogP) is 3.83. The molecule has 0 bridgehead atoms. The predicted molar refractivity (Wildman–Crippen MR) is 84.6 cm³/mol. The molecule has 0 aliphatic heterocycles. The van der Waals surface area contributed by atoms with Crippen LogP contribution in [0.25, 0.3) is 11.4 Å². The molecule has 1 aromatic carbocycles. The van der Waals surface area contributed by atoms with Gasteiger partial charge in [0.1, 0.15) is 5.82 Å². The summed E-state index contributed by atoms with van der Waals surface area (Å²) in [4.78, 5) is 8.79. The fraction of sp³-hybridized carbons (Fsp3) is 0.333. The minimum absolute atomic E-state index is 0.156. The molecule has 0 aliphatic carbocycles. The largest absolute Gasteiger partial charge is 0.494 e. The van der Waals surface area contributed by atoms with E-state index in [2.05, 4.69) is 39.7 Å². The van der Waals surface area contributed by atoms with Gasteiger partial charge < -0.3 is 10.5 Å². The van der Waals surface area contributed by atoms with E-state index in [9.17, 15) is 4.39 Å². The molecule has 0 saturated carbocycles. The van der Waals surface area contributed by atoms with Crippen molar-refractivity contribution in [2.75, 3.05) is 12.8 Å². The second kappa shape index (κ2) is 6.39. The van der Waals surface area contributed by atoms with Gasteiger partial charge in [0, 0.05) is 5.56 Å². The Hall–Kier alpha value is -1.69. The van der Waals surface area contributed by atoms with Gasteiger partial charge in [-0.25, -0.2) is 14.4 Å². The highest BCUT2D eigenvalue weighted by molar-refractivity contribution is 9.10. The van der Waals surface area contributed by atoms with Gasteiger partial charge in [0.25, 0.3) is 0 Å². The molecule has 4 nitrogen and oxygen atoms in total. The van der Waals surface area contributed by atoms with Crippen molar-refractivity contribution >= 4 is 21.7 Å². The van der Waals surface area contributed by atoms with E-state index in [0.717, 1.165) is 12.1 Å². The molecular weight excluding hydrogens is 337 g/mol. The smallest absolute Gasteiger partial charge is 0.165 e. The molecule has 2 rings (SSSR count). The SMILES string of the molecule is COc1cc(-c2nc(N)c(Br)c(CC(C)C)n2)ccc1F. The molecule has 0 fully saturated rings. The van der Waals surface area contributed by atoms with Gasteiger partial charge in [0.05, 0.1) is 17.3 Å². The summed E-state index contributed by atoms with van der Waals surface area (Å²) in [6.45, 7) is 4.21. The second-order valence-corrected chi connectivity index (χ2v) is 5.93. The average molecular weight is 354 g/mol. The first kappa shape index (κ1) is 15.7. The minimum Gasteiger partial charge on any atom is -0.494 e. The van der Waals surface area contributed by atoms with Crippen molar-refractivity contribution in [3.8, 4) is 17.1 Å². The van der Waals surface area contributed by atoms with Gasteiger partial charge in [-0.1, -0.05) is 13.8 Å². The number of nitrogen functional groups attached to an aromatic ring is 1. The van der Waals surface area contributed by atoms with E-state index < -0.39 is 5.82 Å². The highest BCUT2D eigenvalue weighted by Crippen LogP contribution is 2.29. The zero-order chi connectivity index (χ0) is 15.6. The van der Waals surface area contributed by atoms with Crippen LogP contribution in [0.2, 0.25) is 0 Å². The zero-order valence-electron chi connectivity index (χ0n) is 12.2. The molecule has 0 unspecified atom stereocenters. The van der Waals surface area contributed by atoms with E-state index in [1.807, 2.05) is 0 Å². The second-order valence-electron chi connectivity index (χ2n) is 5.14. The Kier molecular flexibility index (Phi) is 4.77. The quantitative estimate of drug-likeness (QED) is 0.906. The maximum absolute atomic E-state index is 13.5. The Balaban J connectivity index is 2.51. The molecule has 0 radical (unpaired) electrons. The third kappa shape index (κ3) is 3.50. The van der Waals surface area contributed by atoms with Crippen LogP contribution in [-0.2, 0) is 6.42 Å². The van der Waals surface area contributed by atoms with Crippen LogP contribution in [0.1, 0.15) is 19.5 Å². The van der Waals surface area contributed by atoms with Gasteiger partial charge in [-0.15, -0.1) is 0 Å². The third-order valence-electron chi connectivity index (χ3n) is 2.96. The number of aromatic nitrogens is 2. The van der Waals surface area contributed by atoms with Crippen LogP contribution in [0.5, 0.6) is 5.75 Å². The molecule has 1 heterocycles. The summed E-state index contributed by atoms with van der Waals surface area (Å²) in [5.74, 6) is 1.01. The number of hydrogen-bond donors (Lipinski definition) is 1.